The number of hydrogen-bond acceptors (Lipinski definition) is 1. The van der Waals surface area contributed by atoms with Gasteiger partial charge in [-0.1, -0.05) is 43.2 Å². The van der Waals surface area contributed by atoms with Crippen LogP contribution in [0.3, 0.4) is 0 Å². The summed E-state index contributed by atoms with van der Waals surface area (Å²) in [7, 11) is 0. The Hall–Kier alpha value is -0.530. The lowest BCUT2D eigenvalue weighted by Gasteiger charge is -2.29. The van der Waals surface area contributed by atoms with Crippen molar-refractivity contribution in [2.24, 2.45) is 5.73 Å². The molecule has 84 valence electrons. The first-order chi connectivity index (χ1) is 6.87. The van der Waals surface area contributed by atoms with Crippen LogP contribution in [0.15, 0.2) is 30.3 Å². The van der Waals surface area contributed by atoms with Crippen molar-refractivity contribution in [2.75, 3.05) is 6.54 Å². The van der Waals surface area contributed by atoms with Crippen LogP contribution in [-0.4, -0.2) is 6.54 Å². The molecule has 2 N–H and O–H groups in total. The summed E-state index contributed by atoms with van der Waals surface area (Å²) in [5.41, 5.74) is 7.65. The Labute approximate surface area is 98.5 Å². The van der Waals surface area contributed by atoms with Crippen LogP contribution in [0.1, 0.15) is 37.7 Å². The Morgan fingerprint density at radius 3 is 2.20 bits per heavy atom. The van der Waals surface area contributed by atoms with Crippen LogP contribution < -0.4 is 5.73 Å². The second-order valence-corrected chi connectivity index (χ2v) is 4.39. The number of hydrogen-bond donors (Lipinski definition) is 1. The molecule has 0 atom stereocenters. The van der Waals surface area contributed by atoms with Gasteiger partial charge < -0.3 is 5.73 Å². The minimum absolute atomic E-state index is 0. The van der Waals surface area contributed by atoms with Crippen LogP contribution >= 0.6 is 12.4 Å². The number of nitrogens with two attached hydrogens (primary N) is 1. The van der Waals surface area contributed by atoms with Crippen molar-refractivity contribution in [3.05, 3.63) is 35.9 Å². The van der Waals surface area contributed by atoms with Gasteiger partial charge in [-0.15, -0.1) is 12.4 Å². The third-order valence-corrected chi connectivity index (χ3v) is 3.57. The smallest absolute Gasteiger partial charge is 0.00350 e. The Morgan fingerprint density at radius 2 is 1.67 bits per heavy atom. The highest BCUT2D eigenvalue weighted by molar-refractivity contribution is 5.85. The van der Waals surface area contributed by atoms with Gasteiger partial charge in [-0.2, -0.15) is 0 Å². The lowest BCUT2D eigenvalue weighted by atomic mass is 9.76. The van der Waals surface area contributed by atoms with E-state index in [9.17, 15) is 0 Å². The van der Waals surface area contributed by atoms with Gasteiger partial charge in [0.05, 0.1) is 0 Å². The number of rotatable bonds is 3. The maximum atomic E-state index is 5.73. The van der Waals surface area contributed by atoms with Crippen molar-refractivity contribution in [3.63, 3.8) is 0 Å². The van der Waals surface area contributed by atoms with Gasteiger partial charge in [0.25, 0.3) is 0 Å². The number of benzene rings is 1. The van der Waals surface area contributed by atoms with Crippen LogP contribution in [0.4, 0.5) is 0 Å². The van der Waals surface area contributed by atoms with E-state index in [1.165, 1.54) is 31.2 Å². The van der Waals surface area contributed by atoms with E-state index < -0.39 is 0 Å². The van der Waals surface area contributed by atoms with Crippen molar-refractivity contribution in [3.8, 4) is 0 Å². The largest absolute Gasteiger partial charge is 0.330 e. The Balaban J connectivity index is 0.00000112. The SMILES string of the molecule is Cl.NCCC1(c2ccccc2)CCCC1. The molecule has 0 radical (unpaired) electrons. The van der Waals surface area contributed by atoms with E-state index in [4.69, 9.17) is 5.73 Å². The third kappa shape index (κ3) is 2.53. The zero-order valence-corrected chi connectivity index (χ0v) is 9.93. The zero-order valence-electron chi connectivity index (χ0n) is 9.11. The summed E-state index contributed by atoms with van der Waals surface area (Å²) in [4.78, 5) is 0. The highest BCUT2D eigenvalue weighted by atomic mass is 35.5. The maximum absolute atomic E-state index is 5.73. The first-order valence-electron chi connectivity index (χ1n) is 5.63. The van der Waals surface area contributed by atoms with Gasteiger partial charge in [0.15, 0.2) is 0 Å². The van der Waals surface area contributed by atoms with E-state index >= 15 is 0 Å². The predicted octanol–water partition coefficient (Wildman–Crippen LogP) is 3.27. The Morgan fingerprint density at radius 1 is 1.07 bits per heavy atom. The van der Waals surface area contributed by atoms with E-state index in [0.717, 1.165) is 13.0 Å². The molecule has 0 unspecified atom stereocenters. The van der Waals surface area contributed by atoms with Crippen molar-refractivity contribution < 1.29 is 0 Å². The van der Waals surface area contributed by atoms with Crippen LogP contribution in [0.5, 0.6) is 0 Å². The standard InChI is InChI=1S/C13H19N.ClH/c14-11-10-13(8-4-5-9-13)12-6-2-1-3-7-12;/h1-3,6-7H,4-5,8-11,14H2;1H. The molecular formula is C13H20ClN. The average Bonchev–Trinajstić information content (AvgIpc) is 2.70. The van der Waals surface area contributed by atoms with E-state index in [0.29, 0.717) is 5.41 Å². The minimum atomic E-state index is 0. The summed E-state index contributed by atoms with van der Waals surface area (Å²) in [6, 6.07) is 10.9. The molecule has 0 aromatic heterocycles. The molecule has 2 rings (SSSR count). The summed E-state index contributed by atoms with van der Waals surface area (Å²) >= 11 is 0. The van der Waals surface area contributed by atoms with E-state index in [-0.39, 0.29) is 12.4 Å². The number of halogens is 1. The second-order valence-electron chi connectivity index (χ2n) is 4.39. The van der Waals surface area contributed by atoms with E-state index in [2.05, 4.69) is 30.3 Å². The molecule has 2 heteroatoms. The topological polar surface area (TPSA) is 26.0 Å². The summed E-state index contributed by atoms with van der Waals surface area (Å²) in [6.07, 6.45) is 6.54. The van der Waals surface area contributed by atoms with Gasteiger partial charge in [-0.3, -0.25) is 0 Å². The molecule has 1 nitrogen and oxygen atoms in total. The highest BCUT2D eigenvalue weighted by Crippen LogP contribution is 2.43. The molecule has 0 spiro atoms. The van der Waals surface area contributed by atoms with Gasteiger partial charge in [0, 0.05) is 0 Å². The summed E-state index contributed by atoms with van der Waals surface area (Å²) in [6.45, 7) is 0.814. The van der Waals surface area contributed by atoms with Gasteiger partial charge >= 0.3 is 0 Å². The van der Waals surface area contributed by atoms with E-state index in [1.807, 2.05) is 0 Å². The molecule has 0 saturated heterocycles. The molecule has 1 fully saturated rings. The first-order valence-corrected chi connectivity index (χ1v) is 5.63. The highest BCUT2D eigenvalue weighted by Gasteiger charge is 2.34. The van der Waals surface area contributed by atoms with Crippen LogP contribution in [0.2, 0.25) is 0 Å². The van der Waals surface area contributed by atoms with E-state index in [1.54, 1.807) is 0 Å². The van der Waals surface area contributed by atoms with Gasteiger partial charge in [-0.05, 0) is 36.8 Å². The normalized spacial score (nSPS) is 18.5. The maximum Gasteiger partial charge on any atom is -0.00350 e. The van der Waals surface area contributed by atoms with Crippen LogP contribution in [0.25, 0.3) is 0 Å². The summed E-state index contributed by atoms with van der Waals surface area (Å²) in [5.74, 6) is 0. The van der Waals surface area contributed by atoms with Gasteiger partial charge in [0.1, 0.15) is 0 Å². The Kier molecular flexibility index (Phi) is 4.62. The molecular weight excluding hydrogens is 206 g/mol. The first kappa shape index (κ1) is 12.5. The molecule has 0 bridgehead atoms. The zero-order chi connectivity index (χ0) is 9.86. The molecule has 1 aliphatic carbocycles. The van der Waals surface area contributed by atoms with Gasteiger partial charge in [0.2, 0.25) is 0 Å². The molecule has 0 amide bonds. The molecule has 1 aliphatic rings. The molecule has 15 heavy (non-hydrogen) atoms. The lowest BCUT2D eigenvalue weighted by Crippen LogP contribution is -2.25. The fourth-order valence-electron chi connectivity index (χ4n) is 2.80. The molecule has 1 aromatic rings. The van der Waals surface area contributed by atoms with Crippen LogP contribution in [-0.2, 0) is 5.41 Å². The predicted molar refractivity (Wildman–Crippen MR) is 67.5 cm³/mol. The quantitative estimate of drug-likeness (QED) is 0.840. The summed E-state index contributed by atoms with van der Waals surface area (Å²) < 4.78 is 0. The average molecular weight is 226 g/mol. The van der Waals surface area contributed by atoms with Crippen molar-refractivity contribution in [1.29, 1.82) is 0 Å². The fraction of sp³-hybridized carbons (Fsp3) is 0.538. The molecule has 0 heterocycles. The van der Waals surface area contributed by atoms with Crippen molar-refractivity contribution in [1.82, 2.24) is 0 Å². The lowest BCUT2D eigenvalue weighted by molar-refractivity contribution is 0.412. The second kappa shape index (κ2) is 5.53. The Bertz CT molecular complexity index is 278. The molecule has 1 saturated carbocycles. The molecule has 0 aliphatic heterocycles. The minimum Gasteiger partial charge on any atom is -0.330 e. The van der Waals surface area contributed by atoms with Crippen molar-refractivity contribution in [2.45, 2.75) is 37.5 Å². The summed E-state index contributed by atoms with van der Waals surface area (Å²) in [5, 5.41) is 0. The van der Waals surface area contributed by atoms with Crippen LogP contribution in [0, 0.1) is 0 Å². The monoisotopic (exact) mass is 225 g/mol. The van der Waals surface area contributed by atoms with Crippen molar-refractivity contribution >= 4 is 12.4 Å². The molecule has 1 aromatic carbocycles. The van der Waals surface area contributed by atoms with Gasteiger partial charge in [-0.25, -0.2) is 0 Å². The fourth-order valence-corrected chi connectivity index (χ4v) is 2.80. The third-order valence-electron chi connectivity index (χ3n) is 3.57.